The highest BCUT2D eigenvalue weighted by atomic mass is 35.5. The van der Waals surface area contributed by atoms with Crippen molar-refractivity contribution in [3.8, 4) is 5.75 Å². The summed E-state index contributed by atoms with van der Waals surface area (Å²) in [5.74, 6) is -0.324. The van der Waals surface area contributed by atoms with E-state index in [-0.39, 0.29) is 34.9 Å². The first-order chi connectivity index (χ1) is 10.4. The van der Waals surface area contributed by atoms with Gasteiger partial charge < -0.3 is 15.0 Å². The molecule has 0 heterocycles. The van der Waals surface area contributed by atoms with E-state index in [2.05, 4.69) is 5.32 Å². The Bertz CT molecular complexity index is 548. The van der Waals surface area contributed by atoms with Gasteiger partial charge in [-0.25, -0.2) is 0 Å². The molecular weight excluding hydrogens is 351 g/mol. The number of rotatable bonds is 7. The van der Waals surface area contributed by atoms with Crippen molar-refractivity contribution in [2.45, 2.75) is 13.8 Å². The first kappa shape index (κ1) is 18.9. The van der Waals surface area contributed by atoms with Crippen molar-refractivity contribution in [1.29, 1.82) is 0 Å². The third-order valence-electron chi connectivity index (χ3n) is 2.89. The normalized spacial score (nSPS) is 10.2. The van der Waals surface area contributed by atoms with Crippen LogP contribution in [0.2, 0.25) is 15.1 Å². The third kappa shape index (κ3) is 5.55. The van der Waals surface area contributed by atoms with Gasteiger partial charge in [0, 0.05) is 19.2 Å². The number of hydrogen-bond donors (Lipinski definition) is 1. The van der Waals surface area contributed by atoms with Crippen molar-refractivity contribution in [2.75, 3.05) is 26.2 Å². The molecule has 1 aromatic carbocycles. The Morgan fingerprint density at radius 2 is 1.68 bits per heavy atom. The molecular formula is C14H17Cl3N2O3. The number of amides is 2. The smallest absolute Gasteiger partial charge is 0.258 e. The summed E-state index contributed by atoms with van der Waals surface area (Å²) in [6.45, 7) is 4.60. The number of ether oxygens (including phenoxy) is 1. The lowest BCUT2D eigenvalue weighted by atomic mass is 10.3. The highest BCUT2D eigenvalue weighted by Gasteiger charge is 2.12. The van der Waals surface area contributed by atoms with E-state index >= 15 is 0 Å². The predicted molar refractivity (Wildman–Crippen MR) is 87.9 cm³/mol. The fourth-order valence-corrected chi connectivity index (χ4v) is 2.26. The quantitative estimate of drug-likeness (QED) is 0.754. The van der Waals surface area contributed by atoms with Gasteiger partial charge in [-0.3, -0.25) is 9.59 Å². The Balaban J connectivity index is 2.47. The Hall–Kier alpha value is -1.17. The lowest BCUT2D eigenvalue weighted by molar-refractivity contribution is -0.133. The Morgan fingerprint density at radius 3 is 2.27 bits per heavy atom. The molecule has 0 radical (unpaired) electrons. The van der Waals surface area contributed by atoms with E-state index in [9.17, 15) is 9.59 Å². The van der Waals surface area contributed by atoms with Crippen molar-refractivity contribution in [3.63, 3.8) is 0 Å². The monoisotopic (exact) mass is 366 g/mol. The van der Waals surface area contributed by atoms with Gasteiger partial charge in [0.25, 0.3) is 5.91 Å². The molecule has 1 N–H and O–H groups in total. The molecule has 0 aromatic heterocycles. The number of likely N-dealkylation sites (N-methyl/N-ethyl adjacent to an activating group) is 1. The summed E-state index contributed by atoms with van der Waals surface area (Å²) in [6.07, 6.45) is 0. The zero-order valence-electron chi connectivity index (χ0n) is 12.3. The lowest BCUT2D eigenvalue weighted by Crippen LogP contribution is -2.41. The van der Waals surface area contributed by atoms with Crippen LogP contribution in [0, 0.1) is 0 Å². The minimum atomic E-state index is -0.428. The average molecular weight is 368 g/mol. The molecule has 0 atom stereocenters. The predicted octanol–water partition coefficient (Wildman–Crippen LogP) is 3.01. The van der Waals surface area contributed by atoms with E-state index in [0.29, 0.717) is 18.1 Å². The molecule has 0 saturated heterocycles. The van der Waals surface area contributed by atoms with Crippen LogP contribution in [0.15, 0.2) is 12.1 Å². The molecule has 8 heteroatoms. The summed E-state index contributed by atoms with van der Waals surface area (Å²) in [5.41, 5.74) is 0. The number of carbonyl (C=O) groups is 2. The van der Waals surface area contributed by atoms with Gasteiger partial charge in [-0.15, -0.1) is 0 Å². The van der Waals surface area contributed by atoms with Crippen LogP contribution in [0.1, 0.15) is 13.8 Å². The van der Waals surface area contributed by atoms with E-state index in [1.165, 1.54) is 12.1 Å². The zero-order chi connectivity index (χ0) is 16.7. The van der Waals surface area contributed by atoms with Crippen LogP contribution < -0.4 is 10.1 Å². The lowest BCUT2D eigenvalue weighted by Gasteiger charge is -2.18. The first-order valence-electron chi connectivity index (χ1n) is 6.70. The molecule has 22 heavy (non-hydrogen) atoms. The van der Waals surface area contributed by atoms with Gasteiger partial charge in [-0.1, -0.05) is 34.8 Å². The van der Waals surface area contributed by atoms with Gasteiger partial charge in [0.1, 0.15) is 5.75 Å². The molecule has 0 aliphatic rings. The van der Waals surface area contributed by atoms with E-state index in [1.807, 2.05) is 13.8 Å². The first-order valence-corrected chi connectivity index (χ1v) is 7.84. The van der Waals surface area contributed by atoms with E-state index in [0.717, 1.165) is 0 Å². The second kappa shape index (κ2) is 9.08. The van der Waals surface area contributed by atoms with Crippen molar-refractivity contribution in [2.24, 2.45) is 0 Å². The fourth-order valence-electron chi connectivity index (χ4n) is 1.67. The molecule has 0 spiro atoms. The Kier molecular flexibility index (Phi) is 7.79. The SMILES string of the molecule is CCN(CC)C(=O)CNC(=O)COc1cc(Cl)c(Cl)cc1Cl. The zero-order valence-corrected chi connectivity index (χ0v) is 14.6. The average Bonchev–Trinajstić information content (AvgIpc) is 2.48. The van der Waals surface area contributed by atoms with Crippen LogP contribution in [0.3, 0.4) is 0 Å². The number of halogens is 3. The molecule has 0 saturated carbocycles. The molecule has 0 unspecified atom stereocenters. The molecule has 2 amide bonds. The van der Waals surface area contributed by atoms with Gasteiger partial charge in [-0.2, -0.15) is 0 Å². The summed E-state index contributed by atoms with van der Waals surface area (Å²) in [7, 11) is 0. The number of hydrogen-bond acceptors (Lipinski definition) is 3. The maximum atomic E-state index is 11.7. The summed E-state index contributed by atoms with van der Waals surface area (Å²) in [5, 5.41) is 3.32. The molecule has 5 nitrogen and oxygen atoms in total. The highest BCUT2D eigenvalue weighted by molar-refractivity contribution is 6.43. The Morgan fingerprint density at radius 1 is 1.09 bits per heavy atom. The third-order valence-corrected chi connectivity index (χ3v) is 3.90. The minimum Gasteiger partial charge on any atom is -0.482 e. The van der Waals surface area contributed by atoms with Crippen LogP contribution in [0.5, 0.6) is 5.75 Å². The molecule has 0 fully saturated rings. The van der Waals surface area contributed by atoms with Crippen LogP contribution in [-0.4, -0.2) is 43.0 Å². The van der Waals surface area contributed by atoms with Crippen LogP contribution >= 0.6 is 34.8 Å². The van der Waals surface area contributed by atoms with Crippen LogP contribution in [0.25, 0.3) is 0 Å². The van der Waals surface area contributed by atoms with E-state index in [4.69, 9.17) is 39.5 Å². The fraction of sp³-hybridized carbons (Fsp3) is 0.429. The number of nitrogens with zero attached hydrogens (tertiary/aromatic N) is 1. The largest absolute Gasteiger partial charge is 0.482 e. The van der Waals surface area contributed by atoms with Gasteiger partial charge >= 0.3 is 0 Å². The number of nitrogens with one attached hydrogen (secondary N) is 1. The molecule has 0 bridgehead atoms. The topological polar surface area (TPSA) is 58.6 Å². The van der Waals surface area contributed by atoms with Crippen LogP contribution in [0.4, 0.5) is 0 Å². The van der Waals surface area contributed by atoms with Crippen LogP contribution in [-0.2, 0) is 9.59 Å². The molecule has 1 aromatic rings. The highest BCUT2D eigenvalue weighted by Crippen LogP contribution is 2.33. The summed E-state index contributed by atoms with van der Waals surface area (Å²) in [6, 6.07) is 2.86. The van der Waals surface area contributed by atoms with Gasteiger partial charge in [0.05, 0.1) is 21.6 Å². The van der Waals surface area contributed by atoms with Crippen molar-refractivity contribution < 1.29 is 14.3 Å². The second-order valence-corrected chi connectivity index (χ2v) is 5.55. The summed E-state index contributed by atoms with van der Waals surface area (Å²) in [4.78, 5) is 25.0. The number of carbonyl (C=O) groups excluding carboxylic acids is 2. The molecule has 0 aliphatic heterocycles. The van der Waals surface area contributed by atoms with Crippen molar-refractivity contribution in [3.05, 3.63) is 27.2 Å². The van der Waals surface area contributed by atoms with Crippen molar-refractivity contribution >= 4 is 46.6 Å². The maximum Gasteiger partial charge on any atom is 0.258 e. The van der Waals surface area contributed by atoms with Crippen molar-refractivity contribution in [1.82, 2.24) is 10.2 Å². The Labute approximate surface area is 144 Å². The van der Waals surface area contributed by atoms with Gasteiger partial charge in [-0.05, 0) is 19.9 Å². The maximum absolute atomic E-state index is 11.7. The van der Waals surface area contributed by atoms with Gasteiger partial charge in [0.15, 0.2) is 6.61 Å². The molecule has 0 aliphatic carbocycles. The second-order valence-electron chi connectivity index (χ2n) is 4.33. The summed E-state index contributed by atoms with van der Waals surface area (Å²) >= 11 is 17.6. The number of benzene rings is 1. The molecule has 122 valence electrons. The van der Waals surface area contributed by atoms with E-state index in [1.54, 1.807) is 4.90 Å². The summed E-state index contributed by atoms with van der Waals surface area (Å²) < 4.78 is 5.27. The van der Waals surface area contributed by atoms with Gasteiger partial charge in [0.2, 0.25) is 5.91 Å². The standard InChI is InChI=1S/C14H17Cl3N2O3/c1-3-19(4-2)14(21)7-18-13(20)8-22-12-6-10(16)9(15)5-11(12)17/h5-6H,3-4,7-8H2,1-2H3,(H,18,20). The van der Waals surface area contributed by atoms with E-state index < -0.39 is 5.91 Å². The minimum absolute atomic E-state index is 0.0705. The molecule has 1 rings (SSSR count).